The minimum atomic E-state index is -0.614. The molecule has 3 fully saturated rings. The topological polar surface area (TPSA) is 88.1 Å². The van der Waals surface area contributed by atoms with Crippen molar-refractivity contribution in [3.8, 4) is 0 Å². The number of ketones is 1. The van der Waals surface area contributed by atoms with E-state index in [9.17, 15) is 14.4 Å². The first kappa shape index (κ1) is 34.1. The lowest BCUT2D eigenvalue weighted by Gasteiger charge is -2.58. The predicted molar refractivity (Wildman–Crippen MR) is 173 cm³/mol. The smallest absolute Gasteiger partial charge is 0.303 e. The van der Waals surface area contributed by atoms with Crippen LogP contribution in [-0.4, -0.2) is 48.9 Å². The Morgan fingerprint density at radius 2 is 1.80 bits per heavy atom. The van der Waals surface area contributed by atoms with Gasteiger partial charge in [-0.1, -0.05) is 44.1 Å². The molecular formula is C38H56O7. The van der Waals surface area contributed by atoms with Gasteiger partial charge in [-0.3, -0.25) is 14.4 Å². The lowest BCUT2D eigenvalue weighted by Crippen LogP contribution is -2.51. The highest BCUT2D eigenvalue weighted by molar-refractivity contribution is 5.77. The van der Waals surface area contributed by atoms with Gasteiger partial charge in [0.1, 0.15) is 24.6 Å². The fraction of sp³-hybridized carbons (Fsp3) is 0.763. The summed E-state index contributed by atoms with van der Waals surface area (Å²) in [6.45, 7) is 12.2. The third-order valence-corrected chi connectivity index (χ3v) is 12.3. The number of fused-ring (bicyclic) bond motifs is 5. The zero-order valence-corrected chi connectivity index (χ0v) is 28.5. The number of ether oxygens (including phenoxy) is 4. The van der Waals surface area contributed by atoms with E-state index in [0.29, 0.717) is 30.0 Å². The lowest BCUT2D eigenvalue weighted by atomic mass is 9.47. The summed E-state index contributed by atoms with van der Waals surface area (Å²) in [6.07, 6.45) is 19.7. The summed E-state index contributed by atoms with van der Waals surface area (Å²) < 4.78 is 23.2. The summed E-state index contributed by atoms with van der Waals surface area (Å²) in [7, 11) is 0. The van der Waals surface area contributed by atoms with Gasteiger partial charge >= 0.3 is 11.9 Å². The van der Waals surface area contributed by atoms with Crippen molar-refractivity contribution >= 4 is 17.7 Å². The Hall–Kier alpha value is -2.25. The maximum absolute atomic E-state index is 11.7. The van der Waals surface area contributed by atoms with E-state index in [4.69, 9.17) is 18.9 Å². The van der Waals surface area contributed by atoms with Crippen molar-refractivity contribution in [1.29, 1.82) is 0 Å². The minimum Gasteiger partial charge on any atom is -0.463 e. The lowest BCUT2D eigenvalue weighted by molar-refractivity contribution is -0.213. The molecule has 0 spiro atoms. The SMILES string of the molecule is CCC(=O)CCC/C=C(\C)[C@H]1CC[C@H]2[C@@H]3CC=C4C[C@@H](OC5C=C[C@H](OC(C)=O)[C@@H](COC(C)=O)O5)CC[C@]4(C)[C@H]3CC[C@]12C. The molecule has 7 nitrogen and oxygen atoms in total. The largest absolute Gasteiger partial charge is 0.463 e. The second-order valence-corrected chi connectivity index (χ2v) is 15.0. The fourth-order valence-corrected chi connectivity index (χ4v) is 9.97. The first-order chi connectivity index (χ1) is 21.4. The number of carbonyl (C=O) groups is 3. The number of allylic oxidation sites excluding steroid dienone is 3. The average molecular weight is 625 g/mol. The molecule has 250 valence electrons. The van der Waals surface area contributed by atoms with Crippen molar-refractivity contribution in [2.24, 2.45) is 34.5 Å². The summed E-state index contributed by atoms with van der Waals surface area (Å²) in [5, 5.41) is 0. The molecule has 0 aromatic heterocycles. The molecule has 7 heteroatoms. The van der Waals surface area contributed by atoms with Gasteiger partial charge in [0.25, 0.3) is 0 Å². The molecule has 0 radical (unpaired) electrons. The van der Waals surface area contributed by atoms with Gasteiger partial charge in [0.15, 0.2) is 6.29 Å². The maximum Gasteiger partial charge on any atom is 0.303 e. The number of unbranched alkanes of at least 4 members (excludes halogenated alkanes) is 1. The Bertz CT molecular complexity index is 1200. The first-order valence-corrected chi connectivity index (χ1v) is 17.6. The molecule has 1 aliphatic heterocycles. The van der Waals surface area contributed by atoms with Gasteiger partial charge in [0, 0.05) is 26.7 Å². The molecule has 0 aromatic rings. The Morgan fingerprint density at radius 1 is 1.00 bits per heavy atom. The van der Waals surface area contributed by atoms with E-state index in [-0.39, 0.29) is 18.1 Å². The highest BCUT2D eigenvalue weighted by atomic mass is 16.7. The zero-order valence-electron chi connectivity index (χ0n) is 28.5. The van der Waals surface area contributed by atoms with Crippen LogP contribution < -0.4 is 0 Å². The van der Waals surface area contributed by atoms with Crippen molar-refractivity contribution in [3.63, 3.8) is 0 Å². The second kappa shape index (κ2) is 14.3. The summed E-state index contributed by atoms with van der Waals surface area (Å²) in [4.78, 5) is 34.8. The van der Waals surface area contributed by atoms with Crippen molar-refractivity contribution < 1.29 is 33.3 Å². The maximum atomic E-state index is 11.7. The number of hydrogen-bond donors (Lipinski definition) is 0. The molecule has 0 aromatic carbocycles. The van der Waals surface area contributed by atoms with Crippen LogP contribution in [0.25, 0.3) is 0 Å². The van der Waals surface area contributed by atoms with Gasteiger partial charge in [0.05, 0.1) is 6.10 Å². The summed E-state index contributed by atoms with van der Waals surface area (Å²) in [5.41, 5.74) is 3.72. The van der Waals surface area contributed by atoms with Gasteiger partial charge in [-0.15, -0.1) is 0 Å². The van der Waals surface area contributed by atoms with E-state index >= 15 is 0 Å². The predicted octanol–water partition coefficient (Wildman–Crippen LogP) is 7.82. The van der Waals surface area contributed by atoms with E-state index in [1.165, 1.54) is 46.0 Å². The van der Waals surface area contributed by atoms with Crippen LogP contribution in [0.5, 0.6) is 0 Å². The molecule has 5 rings (SSSR count). The van der Waals surface area contributed by atoms with Crippen LogP contribution in [0, 0.1) is 34.5 Å². The summed E-state index contributed by atoms with van der Waals surface area (Å²) in [5.74, 6) is 2.48. The Balaban J connectivity index is 1.21. The molecule has 0 N–H and O–H groups in total. The number of Topliss-reactive ketones (excluding diaryl/α,β-unsaturated/α-hetero) is 1. The fourth-order valence-electron chi connectivity index (χ4n) is 9.97. The third kappa shape index (κ3) is 7.35. The molecule has 10 atom stereocenters. The van der Waals surface area contributed by atoms with E-state index in [1.807, 2.05) is 13.0 Å². The number of esters is 2. The van der Waals surface area contributed by atoms with Gasteiger partial charge in [0.2, 0.25) is 0 Å². The van der Waals surface area contributed by atoms with Crippen LogP contribution in [0.15, 0.2) is 35.5 Å². The molecule has 3 saturated carbocycles. The highest BCUT2D eigenvalue weighted by Crippen LogP contribution is 2.67. The van der Waals surface area contributed by atoms with Crippen molar-refractivity contribution in [2.75, 3.05) is 6.61 Å². The molecule has 45 heavy (non-hydrogen) atoms. The first-order valence-electron chi connectivity index (χ1n) is 17.6. The van der Waals surface area contributed by atoms with Crippen LogP contribution in [0.1, 0.15) is 119 Å². The molecule has 0 bridgehead atoms. The third-order valence-electron chi connectivity index (χ3n) is 12.3. The van der Waals surface area contributed by atoms with E-state index in [0.717, 1.165) is 49.9 Å². The van der Waals surface area contributed by atoms with Crippen LogP contribution >= 0.6 is 0 Å². The zero-order chi connectivity index (χ0) is 32.4. The van der Waals surface area contributed by atoms with E-state index in [2.05, 4.69) is 32.9 Å². The normalized spacial score (nSPS) is 39.2. The van der Waals surface area contributed by atoms with Gasteiger partial charge in [-0.05, 0) is 118 Å². The average Bonchev–Trinajstić information content (AvgIpc) is 3.36. The molecule has 5 aliphatic rings. The number of hydrogen-bond acceptors (Lipinski definition) is 7. The Kier molecular flexibility index (Phi) is 10.8. The quantitative estimate of drug-likeness (QED) is 0.132. The Labute approximate surface area is 270 Å². The van der Waals surface area contributed by atoms with Gasteiger partial charge < -0.3 is 18.9 Å². The molecule has 1 heterocycles. The molecule has 1 unspecified atom stereocenters. The van der Waals surface area contributed by atoms with Crippen molar-refractivity contribution in [1.82, 2.24) is 0 Å². The van der Waals surface area contributed by atoms with Crippen LogP contribution in [-0.2, 0) is 33.3 Å². The number of carbonyl (C=O) groups excluding carboxylic acids is 3. The standard InChI is InChI=1S/C38H56O7/c1-7-28(41)11-9-8-10-24(2)31-14-15-32-30-13-12-27-22-29(18-20-37(27,5)33(30)19-21-38(31,32)6)44-36-17-16-34(43-26(4)40)35(45-36)23-42-25(3)39/h10,12,16-17,29-36H,7-9,11,13-15,18-23H2,1-6H3/b24-10+/t29-,30-,31+,32-,33-,34-,35+,36?,37-,38+/m0/s1. The highest BCUT2D eigenvalue weighted by Gasteiger charge is 2.58. The molecule has 0 amide bonds. The van der Waals surface area contributed by atoms with Crippen LogP contribution in [0.3, 0.4) is 0 Å². The van der Waals surface area contributed by atoms with E-state index in [1.54, 1.807) is 17.2 Å². The monoisotopic (exact) mass is 624 g/mol. The van der Waals surface area contributed by atoms with E-state index < -0.39 is 30.4 Å². The minimum absolute atomic E-state index is 0.00463. The summed E-state index contributed by atoms with van der Waals surface area (Å²) in [6, 6.07) is 0. The molecule has 4 aliphatic carbocycles. The van der Waals surface area contributed by atoms with Gasteiger partial charge in [-0.2, -0.15) is 0 Å². The second-order valence-electron chi connectivity index (χ2n) is 15.0. The Morgan fingerprint density at radius 3 is 2.53 bits per heavy atom. The van der Waals surface area contributed by atoms with Crippen molar-refractivity contribution in [2.45, 2.75) is 143 Å². The van der Waals surface area contributed by atoms with Gasteiger partial charge in [-0.25, -0.2) is 0 Å². The van der Waals surface area contributed by atoms with Crippen LogP contribution in [0.2, 0.25) is 0 Å². The van der Waals surface area contributed by atoms with Crippen molar-refractivity contribution in [3.05, 3.63) is 35.5 Å². The molecular weight excluding hydrogens is 568 g/mol. The van der Waals surface area contributed by atoms with Crippen LogP contribution in [0.4, 0.5) is 0 Å². The summed E-state index contributed by atoms with van der Waals surface area (Å²) >= 11 is 0. The number of rotatable bonds is 11. The molecule has 0 saturated heterocycles.